The Morgan fingerprint density at radius 2 is 1.94 bits per heavy atom. The molecule has 5 nitrogen and oxygen atoms in total. The molecule has 0 saturated heterocycles. The fourth-order valence-corrected chi connectivity index (χ4v) is 1.51. The summed E-state index contributed by atoms with van der Waals surface area (Å²) in [5.41, 5.74) is 0. The molecule has 0 heterocycles. The maximum Gasteiger partial charge on any atom is 0.320 e. The molecule has 0 aromatic heterocycles. The molecule has 1 unspecified atom stereocenters. The minimum absolute atomic E-state index is 0.0790. The predicted octanol–water partition coefficient (Wildman–Crippen LogP) is 0.696. The minimum atomic E-state index is -0.873. The first-order valence-electron chi connectivity index (χ1n) is 5.60. The van der Waals surface area contributed by atoms with Crippen LogP contribution in [0, 0.1) is 0 Å². The van der Waals surface area contributed by atoms with Gasteiger partial charge in [-0.25, -0.2) is 0 Å². The predicted molar refractivity (Wildman–Crippen MR) is 62.2 cm³/mol. The van der Waals surface area contributed by atoms with E-state index in [0.717, 1.165) is 6.42 Å². The molecular formula is C11H22N2O3. The minimum Gasteiger partial charge on any atom is -0.480 e. The van der Waals surface area contributed by atoms with Crippen LogP contribution in [0.2, 0.25) is 0 Å². The molecule has 0 aliphatic heterocycles. The van der Waals surface area contributed by atoms with Crippen molar-refractivity contribution in [3.05, 3.63) is 0 Å². The molecule has 0 rings (SSSR count). The van der Waals surface area contributed by atoms with Crippen molar-refractivity contribution in [2.45, 2.75) is 45.7 Å². The molecule has 0 spiro atoms. The van der Waals surface area contributed by atoms with Crippen LogP contribution >= 0.6 is 0 Å². The van der Waals surface area contributed by atoms with E-state index < -0.39 is 12.0 Å². The summed E-state index contributed by atoms with van der Waals surface area (Å²) in [4.78, 5) is 24.0. The molecule has 0 bridgehead atoms. The van der Waals surface area contributed by atoms with Crippen LogP contribution in [-0.2, 0) is 9.59 Å². The topological polar surface area (TPSA) is 69.6 Å². The van der Waals surface area contributed by atoms with E-state index >= 15 is 0 Å². The monoisotopic (exact) mass is 230 g/mol. The molecule has 5 heteroatoms. The Morgan fingerprint density at radius 1 is 1.38 bits per heavy atom. The smallest absolute Gasteiger partial charge is 0.320 e. The average molecular weight is 230 g/mol. The molecular weight excluding hydrogens is 208 g/mol. The van der Waals surface area contributed by atoms with Crippen molar-refractivity contribution in [2.75, 3.05) is 13.6 Å². The van der Waals surface area contributed by atoms with Gasteiger partial charge in [0.25, 0.3) is 0 Å². The van der Waals surface area contributed by atoms with Crippen molar-refractivity contribution in [3.8, 4) is 0 Å². The van der Waals surface area contributed by atoms with Crippen LogP contribution in [0.5, 0.6) is 0 Å². The number of carboxylic acid groups (broad SMARTS) is 1. The Kier molecular flexibility index (Phi) is 6.72. The fraction of sp³-hybridized carbons (Fsp3) is 0.818. The zero-order chi connectivity index (χ0) is 12.7. The number of amides is 1. The van der Waals surface area contributed by atoms with Gasteiger partial charge in [-0.3, -0.25) is 14.5 Å². The lowest BCUT2D eigenvalue weighted by atomic mass is 10.1. The maximum atomic E-state index is 11.4. The van der Waals surface area contributed by atoms with Gasteiger partial charge in [0.1, 0.15) is 6.04 Å². The van der Waals surface area contributed by atoms with Crippen LogP contribution in [0.1, 0.15) is 33.6 Å². The van der Waals surface area contributed by atoms with E-state index in [9.17, 15) is 9.59 Å². The Morgan fingerprint density at radius 3 is 2.31 bits per heavy atom. The number of carbonyl (C=O) groups excluding carboxylic acids is 1. The van der Waals surface area contributed by atoms with Gasteiger partial charge in [0.05, 0.1) is 6.54 Å². The highest BCUT2D eigenvalue weighted by molar-refractivity contribution is 5.80. The Balaban J connectivity index is 4.24. The lowest BCUT2D eigenvalue weighted by Gasteiger charge is -2.24. The van der Waals surface area contributed by atoms with Gasteiger partial charge >= 0.3 is 5.97 Å². The standard InChI is InChI=1S/C11H22N2O3/c1-5-6-9(11(15)16)13(4)7-10(14)12-8(2)3/h8-9H,5-7H2,1-4H3,(H,12,14)(H,15,16). The first-order chi connectivity index (χ1) is 7.38. The summed E-state index contributed by atoms with van der Waals surface area (Å²) < 4.78 is 0. The zero-order valence-electron chi connectivity index (χ0n) is 10.5. The van der Waals surface area contributed by atoms with Crippen LogP contribution in [0.15, 0.2) is 0 Å². The number of likely N-dealkylation sites (N-methyl/N-ethyl adjacent to an activating group) is 1. The van der Waals surface area contributed by atoms with Gasteiger partial charge in [-0.15, -0.1) is 0 Å². The average Bonchev–Trinajstić information content (AvgIpc) is 2.11. The summed E-state index contributed by atoms with van der Waals surface area (Å²) in [6.07, 6.45) is 1.34. The number of nitrogens with one attached hydrogen (secondary N) is 1. The summed E-state index contributed by atoms with van der Waals surface area (Å²) in [6.45, 7) is 5.80. The third kappa shape index (κ3) is 5.70. The van der Waals surface area contributed by atoms with Crippen molar-refractivity contribution in [1.29, 1.82) is 0 Å². The van der Waals surface area contributed by atoms with Crippen LogP contribution in [0.25, 0.3) is 0 Å². The number of carboxylic acids is 1. The second kappa shape index (κ2) is 7.22. The molecule has 1 amide bonds. The van der Waals surface area contributed by atoms with Crippen LogP contribution < -0.4 is 5.32 Å². The maximum absolute atomic E-state index is 11.4. The van der Waals surface area contributed by atoms with E-state index in [-0.39, 0.29) is 18.5 Å². The highest BCUT2D eigenvalue weighted by Gasteiger charge is 2.23. The molecule has 0 aliphatic rings. The van der Waals surface area contributed by atoms with Gasteiger partial charge in [0.2, 0.25) is 5.91 Å². The van der Waals surface area contributed by atoms with Gasteiger partial charge in [-0.05, 0) is 27.3 Å². The summed E-state index contributed by atoms with van der Waals surface area (Å²) in [5, 5.41) is 11.7. The number of nitrogens with zero attached hydrogens (tertiary/aromatic N) is 1. The molecule has 0 aromatic rings. The highest BCUT2D eigenvalue weighted by Crippen LogP contribution is 2.04. The fourth-order valence-electron chi connectivity index (χ4n) is 1.51. The second-order valence-corrected chi connectivity index (χ2v) is 4.28. The molecule has 1 atom stereocenters. The summed E-state index contributed by atoms with van der Waals surface area (Å²) >= 11 is 0. The normalized spacial score (nSPS) is 12.9. The third-order valence-electron chi connectivity index (χ3n) is 2.22. The van der Waals surface area contributed by atoms with Gasteiger partial charge in [-0.2, -0.15) is 0 Å². The summed E-state index contributed by atoms with van der Waals surface area (Å²) in [7, 11) is 1.66. The first-order valence-corrected chi connectivity index (χ1v) is 5.60. The number of hydrogen-bond acceptors (Lipinski definition) is 3. The number of carbonyl (C=O) groups is 2. The lowest BCUT2D eigenvalue weighted by molar-refractivity contribution is -0.143. The van der Waals surface area contributed by atoms with E-state index in [2.05, 4.69) is 5.32 Å². The van der Waals surface area contributed by atoms with Crippen molar-refractivity contribution in [1.82, 2.24) is 10.2 Å². The third-order valence-corrected chi connectivity index (χ3v) is 2.22. The molecule has 0 saturated carbocycles. The van der Waals surface area contributed by atoms with Crippen LogP contribution in [-0.4, -0.2) is 47.6 Å². The molecule has 0 aliphatic carbocycles. The SMILES string of the molecule is CCCC(C(=O)O)N(C)CC(=O)NC(C)C. The van der Waals surface area contributed by atoms with Gasteiger partial charge in [-0.1, -0.05) is 13.3 Å². The van der Waals surface area contributed by atoms with Gasteiger partial charge in [0, 0.05) is 6.04 Å². The van der Waals surface area contributed by atoms with Crippen molar-refractivity contribution < 1.29 is 14.7 Å². The summed E-state index contributed by atoms with van der Waals surface area (Å²) in [6, 6.07) is -0.502. The Bertz CT molecular complexity index is 241. The largest absolute Gasteiger partial charge is 0.480 e. The van der Waals surface area contributed by atoms with Crippen molar-refractivity contribution in [2.24, 2.45) is 0 Å². The Labute approximate surface area is 96.8 Å². The first kappa shape index (κ1) is 14.9. The van der Waals surface area contributed by atoms with Crippen molar-refractivity contribution in [3.63, 3.8) is 0 Å². The molecule has 94 valence electrons. The van der Waals surface area contributed by atoms with Gasteiger partial charge < -0.3 is 10.4 Å². The van der Waals surface area contributed by atoms with Crippen LogP contribution in [0.4, 0.5) is 0 Å². The van der Waals surface area contributed by atoms with Crippen LogP contribution in [0.3, 0.4) is 0 Å². The number of aliphatic carboxylic acids is 1. The molecule has 2 N–H and O–H groups in total. The molecule has 16 heavy (non-hydrogen) atoms. The quantitative estimate of drug-likeness (QED) is 0.675. The highest BCUT2D eigenvalue weighted by atomic mass is 16.4. The Hall–Kier alpha value is -1.10. The number of hydrogen-bond donors (Lipinski definition) is 2. The molecule has 0 radical (unpaired) electrons. The van der Waals surface area contributed by atoms with Crippen molar-refractivity contribution >= 4 is 11.9 Å². The van der Waals surface area contributed by atoms with E-state index in [0.29, 0.717) is 6.42 Å². The molecule has 0 aromatic carbocycles. The second-order valence-electron chi connectivity index (χ2n) is 4.28. The summed E-state index contributed by atoms with van der Waals surface area (Å²) in [5.74, 6) is -1.01. The molecule has 0 fully saturated rings. The number of rotatable bonds is 7. The van der Waals surface area contributed by atoms with Gasteiger partial charge in [0.15, 0.2) is 0 Å². The zero-order valence-corrected chi connectivity index (χ0v) is 10.5. The van der Waals surface area contributed by atoms with E-state index in [4.69, 9.17) is 5.11 Å². The lowest BCUT2D eigenvalue weighted by Crippen LogP contribution is -2.45. The van der Waals surface area contributed by atoms with E-state index in [1.807, 2.05) is 20.8 Å². The van der Waals surface area contributed by atoms with E-state index in [1.165, 1.54) is 0 Å². The van der Waals surface area contributed by atoms with E-state index in [1.54, 1.807) is 11.9 Å².